The van der Waals surface area contributed by atoms with Gasteiger partial charge in [0.05, 0.1) is 0 Å². The van der Waals surface area contributed by atoms with E-state index in [9.17, 15) is 4.79 Å². The molecule has 15 heavy (non-hydrogen) atoms. The summed E-state index contributed by atoms with van der Waals surface area (Å²) in [5, 5.41) is 0. The molecule has 0 saturated heterocycles. The quantitative estimate of drug-likeness (QED) is 0.683. The number of allylic oxidation sites excluding steroid dienone is 4. The van der Waals surface area contributed by atoms with Crippen molar-refractivity contribution < 1.29 is 9.53 Å². The zero-order valence-electron chi connectivity index (χ0n) is 8.14. The Morgan fingerprint density at radius 2 is 1.93 bits per heavy atom. The summed E-state index contributed by atoms with van der Waals surface area (Å²) in [5.41, 5.74) is 0.649. The first-order chi connectivity index (χ1) is 7.38. The molecule has 0 aliphatic heterocycles. The molecule has 2 heteroatoms. The Morgan fingerprint density at radius 1 is 1.13 bits per heavy atom. The summed E-state index contributed by atoms with van der Waals surface area (Å²) in [6.07, 6.45) is 5.96. The van der Waals surface area contributed by atoms with Gasteiger partial charge in [0.25, 0.3) is 0 Å². The highest BCUT2D eigenvalue weighted by Crippen LogP contribution is 2.18. The van der Waals surface area contributed by atoms with Crippen LogP contribution in [-0.2, 0) is 4.79 Å². The lowest BCUT2D eigenvalue weighted by Gasteiger charge is -2.09. The van der Waals surface area contributed by atoms with Crippen molar-refractivity contribution in [1.82, 2.24) is 0 Å². The molecule has 74 valence electrons. The molecule has 2 rings (SSSR count). The molecule has 0 heterocycles. The van der Waals surface area contributed by atoms with Crippen LogP contribution in [0, 0.1) is 0 Å². The van der Waals surface area contributed by atoms with Gasteiger partial charge >= 0.3 is 0 Å². The van der Waals surface area contributed by atoms with Gasteiger partial charge in [0.1, 0.15) is 17.5 Å². The van der Waals surface area contributed by atoms with Crippen LogP contribution in [0.1, 0.15) is 6.42 Å². The number of ether oxygens (including phenoxy) is 1. The molecule has 0 spiro atoms. The Labute approximate surface area is 88.2 Å². The number of carbonyl (C=O) groups excluding carboxylic acids is 1. The third-order valence-corrected chi connectivity index (χ3v) is 2.08. The Bertz CT molecular complexity index is 449. The minimum Gasteiger partial charge on any atom is -0.458 e. The highest BCUT2D eigenvalue weighted by molar-refractivity contribution is 5.59. The second-order valence-corrected chi connectivity index (χ2v) is 3.19. The molecular weight excluding hydrogens is 188 g/mol. The van der Waals surface area contributed by atoms with E-state index in [-0.39, 0.29) is 0 Å². The van der Waals surface area contributed by atoms with Gasteiger partial charge in [-0.2, -0.15) is 0 Å². The zero-order chi connectivity index (χ0) is 10.5. The number of rotatable bonds is 2. The number of hydrogen-bond donors (Lipinski definition) is 0. The fourth-order valence-electron chi connectivity index (χ4n) is 1.31. The lowest BCUT2D eigenvalue weighted by Crippen LogP contribution is -1.96. The molecule has 1 aromatic rings. The van der Waals surface area contributed by atoms with Gasteiger partial charge in [-0.25, -0.2) is 4.79 Å². The molecule has 0 unspecified atom stereocenters. The van der Waals surface area contributed by atoms with Crippen molar-refractivity contribution in [3.05, 3.63) is 59.9 Å². The molecule has 0 N–H and O–H groups in total. The van der Waals surface area contributed by atoms with Gasteiger partial charge in [-0.05, 0) is 30.4 Å². The van der Waals surface area contributed by atoms with Crippen LogP contribution in [-0.4, -0.2) is 5.94 Å². The van der Waals surface area contributed by atoms with E-state index in [0.29, 0.717) is 12.0 Å². The van der Waals surface area contributed by atoms with Gasteiger partial charge < -0.3 is 4.74 Å². The molecule has 0 atom stereocenters. The van der Waals surface area contributed by atoms with Crippen LogP contribution in [0.5, 0.6) is 5.75 Å². The normalized spacial score (nSPS) is 14.4. The van der Waals surface area contributed by atoms with E-state index in [4.69, 9.17) is 4.74 Å². The van der Waals surface area contributed by atoms with Crippen molar-refractivity contribution in [2.24, 2.45) is 0 Å². The Morgan fingerprint density at radius 3 is 2.53 bits per heavy atom. The fourth-order valence-corrected chi connectivity index (χ4v) is 1.31. The lowest BCUT2D eigenvalue weighted by atomic mass is 10.1. The number of hydrogen-bond acceptors (Lipinski definition) is 2. The predicted molar refractivity (Wildman–Crippen MR) is 58.1 cm³/mol. The summed E-state index contributed by atoms with van der Waals surface area (Å²) < 4.78 is 5.58. The van der Waals surface area contributed by atoms with E-state index in [1.165, 1.54) is 0 Å². The second kappa shape index (κ2) is 4.45. The molecule has 1 aliphatic rings. The van der Waals surface area contributed by atoms with Gasteiger partial charge in [-0.1, -0.05) is 18.2 Å². The van der Waals surface area contributed by atoms with Crippen molar-refractivity contribution in [1.29, 1.82) is 0 Å². The molecule has 1 aromatic carbocycles. The topological polar surface area (TPSA) is 26.3 Å². The third-order valence-electron chi connectivity index (χ3n) is 2.08. The molecular formula is C13H10O2. The van der Waals surface area contributed by atoms with Gasteiger partial charge in [0.2, 0.25) is 0 Å². The summed E-state index contributed by atoms with van der Waals surface area (Å²) in [6, 6.07) is 9.54. The molecule has 0 radical (unpaired) electrons. The van der Waals surface area contributed by atoms with Crippen LogP contribution in [0.15, 0.2) is 59.9 Å². The first-order valence-corrected chi connectivity index (χ1v) is 4.73. The van der Waals surface area contributed by atoms with Crippen LogP contribution in [0.3, 0.4) is 0 Å². The average molecular weight is 198 g/mol. The van der Waals surface area contributed by atoms with Gasteiger partial charge in [0.15, 0.2) is 0 Å². The summed E-state index contributed by atoms with van der Waals surface area (Å²) in [5.74, 6) is 3.43. The third kappa shape index (κ3) is 2.46. The van der Waals surface area contributed by atoms with E-state index in [1.807, 2.05) is 42.3 Å². The largest absolute Gasteiger partial charge is 0.458 e. The maximum absolute atomic E-state index is 10.3. The summed E-state index contributed by atoms with van der Waals surface area (Å²) in [4.78, 5) is 10.3. The predicted octanol–water partition coefficient (Wildman–Crippen LogP) is 2.67. The fraction of sp³-hybridized carbons (Fsp3) is 0.0769. The molecule has 0 fully saturated rings. The van der Waals surface area contributed by atoms with Crippen LogP contribution in [0.25, 0.3) is 0 Å². The standard InChI is InChI=1S/C13H10O2/c14-10-11-6-8-13(9-7-11)15-12-4-2-1-3-5-12/h1-6,8-9H,7H2. The molecule has 1 aliphatic carbocycles. The zero-order valence-corrected chi connectivity index (χ0v) is 8.14. The molecule has 0 saturated carbocycles. The van der Waals surface area contributed by atoms with E-state index >= 15 is 0 Å². The Kier molecular flexibility index (Phi) is 2.82. The van der Waals surface area contributed by atoms with Crippen molar-refractivity contribution >= 4 is 5.94 Å². The minimum absolute atomic E-state index is 0.585. The second-order valence-electron chi connectivity index (χ2n) is 3.19. The maximum Gasteiger partial charge on any atom is 0.128 e. The summed E-state index contributed by atoms with van der Waals surface area (Å²) in [7, 11) is 0. The van der Waals surface area contributed by atoms with Crippen LogP contribution < -0.4 is 4.74 Å². The van der Waals surface area contributed by atoms with Crippen molar-refractivity contribution in [3.63, 3.8) is 0 Å². The highest BCUT2D eigenvalue weighted by atomic mass is 16.5. The van der Waals surface area contributed by atoms with Gasteiger partial charge in [-0.15, -0.1) is 0 Å². The van der Waals surface area contributed by atoms with E-state index in [1.54, 1.807) is 12.2 Å². The Balaban J connectivity index is 2.07. The van der Waals surface area contributed by atoms with Crippen LogP contribution >= 0.6 is 0 Å². The monoisotopic (exact) mass is 198 g/mol. The summed E-state index contributed by atoms with van der Waals surface area (Å²) >= 11 is 0. The molecule has 2 nitrogen and oxygen atoms in total. The SMILES string of the molecule is O=C=C1C=CC(Oc2ccccc2)=CC1. The lowest BCUT2D eigenvalue weighted by molar-refractivity contribution is 0.441. The summed E-state index contributed by atoms with van der Waals surface area (Å²) in [6.45, 7) is 0. The molecule has 0 aromatic heterocycles. The van der Waals surface area contributed by atoms with E-state index in [2.05, 4.69) is 0 Å². The van der Waals surface area contributed by atoms with Crippen molar-refractivity contribution in [2.75, 3.05) is 0 Å². The van der Waals surface area contributed by atoms with E-state index in [0.717, 1.165) is 11.5 Å². The smallest absolute Gasteiger partial charge is 0.128 e. The number of benzene rings is 1. The van der Waals surface area contributed by atoms with Crippen molar-refractivity contribution in [2.45, 2.75) is 6.42 Å². The molecule has 0 amide bonds. The first-order valence-electron chi connectivity index (χ1n) is 4.73. The average Bonchev–Trinajstić information content (AvgIpc) is 2.31. The highest BCUT2D eigenvalue weighted by Gasteiger charge is 2.03. The van der Waals surface area contributed by atoms with Crippen molar-refractivity contribution in [3.8, 4) is 5.75 Å². The minimum atomic E-state index is 0.585. The maximum atomic E-state index is 10.3. The first kappa shape index (κ1) is 9.50. The van der Waals surface area contributed by atoms with Crippen LogP contribution in [0.4, 0.5) is 0 Å². The van der Waals surface area contributed by atoms with E-state index < -0.39 is 0 Å². The van der Waals surface area contributed by atoms with Crippen LogP contribution in [0.2, 0.25) is 0 Å². The van der Waals surface area contributed by atoms with Gasteiger partial charge in [-0.3, -0.25) is 0 Å². The number of para-hydroxylation sites is 1. The van der Waals surface area contributed by atoms with Gasteiger partial charge in [0, 0.05) is 12.0 Å². The Hall–Kier alpha value is -2.05. The molecule has 0 bridgehead atoms.